The van der Waals surface area contributed by atoms with Crippen molar-refractivity contribution in [3.05, 3.63) is 47.5 Å². The molecule has 0 unspecified atom stereocenters. The number of rotatable bonds is 12. The van der Waals surface area contributed by atoms with E-state index in [9.17, 15) is 22.8 Å². The second-order valence-corrected chi connectivity index (χ2v) is 6.61. The fourth-order valence-electron chi connectivity index (χ4n) is 2.84. The molecule has 0 aromatic heterocycles. The molecule has 0 atom stereocenters. The quantitative estimate of drug-likeness (QED) is 0.449. The van der Waals surface area contributed by atoms with Crippen molar-refractivity contribution in [2.45, 2.75) is 33.7 Å². The van der Waals surface area contributed by atoms with E-state index in [4.69, 9.17) is 18.9 Å². The summed E-state index contributed by atoms with van der Waals surface area (Å²) in [5, 5.41) is 2.39. The van der Waals surface area contributed by atoms with Crippen molar-refractivity contribution in [3.8, 4) is 23.0 Å². The Kier molecular flexibility index (Phi) is 9.84. The van der Waals surface area contributed by atoms with E-state index in [0.717, 1.165) is 6.07 Å². The molecule has 8 nitrogen and oxygen atoms in total. The van der Waals surface area contributed by atoms with Crippen molar-refractivity contribution >= 4 is 11.9 Å². The summed E-state index contributed by atoms with van der Waals surface area (Å²) >= 11 is 0. The molecule has 2 aromatic carbocycles. The van der Waals surface area contributed by atoms with Crippen LogP contribution in [0.15, 0.2) is 36.4 Å². The van der Waals surface area contributed by atoms with Crippen LogP contribution in [-0.4, -0.2) is 44.7 Å². The molecule has 186 valence electrons. The fraction of sp³-hybridized carbons (Fsp3) is 0.391. The molecular weight excluding hydrogens is 459 g/mol. The number of halogens is 3. The smallest absolute Gasteiger partial charge is 0.490 e. The van der Waals surface area contributed by atoms with E-state index in [0.29, 0.717) is 25.6 Å². The molecule has 0 bridgehead atoms. The molecule has 1 amide bonds. The highest BCUT2D eigenvalue weighted by atomic mass is 19.4. The lowest BCUT2D eigenvalue weighted by Crippen LogP contribution is -2.29. The first-order chi connectivity index (χ1) is 16.2. The predicted molar refractivity (Wildman–Crippen MR) is 115 cm³/mol. The highest BCUT2D eigenvalue weighted by molar-refractivity contribution is 5.92. The van der Waals surface area contributed by atoms with Gasteiger partial charge in [-0.25, -0.2) is 4.79 Å². The summed E-state index contributed by atoms with van der Waals surface area (Å²) in [7, 11) is 0. The summed E-state index contributed by atoms with van der Waals surface area (Å²) in [6.45, 7) is 5.39. The van der Waals surface area contributed by atoms with Crippen molar-refractivity contribution in [3.63, 3.8) is 0 Å². The Morgan fingerprint density at radius 3 is 2.03 bits per heavy atom. The fourth-order valence-corrected chi connectivity index (χ4v) is 2.84. The normalized spacial score (nSPS) is 10.9. The molecular formula is C23H26F3NO7. The number of amides is 1. The average molecular weight is 485 g/mol. The van der Waals surface area contributed by atoms with Crippen LogP contribution in [0.5, 0.6) is 23.0 Å². The molecule has 0 aliphatic heterocycles. The summed E-state index contributed by atoms with van der Waals surface area (Å²) in [5.41, 5.74) is 0.181. The molecule has 0 saturated heterocycles. The third-order valence-corrected chi connectivity index (χ3v) is 4.15. The van der Waals surface area contributed by atoms with Crippen LogP contribution < -0.4 is 24.3 Å². The number of hydrogen-bond acceptors (Lipinski definition) is 7. The molecule has 11 heteroatoms. The summed E-state index contributed by atoms with van der Waals surface area (Å²) < 4.78 is 63.2. The van der Waals surface area contributed by atoms with E-state index in [1.807, 2.05) is 0 Å². The minimum absolute atomic E-state index is 0.0760. The number of esters is 1. The van der Waals surface area contributed by atoms with Crippen LogP contribution in [-0.2, 0) is 16.1 Å². The van der Waals surface area contributed by atoms with Gasteiger partial charge in [-0.15, -0.1) is 13.2 Å². The highest BCUT2D eigenvalue weighted by Crippen LogP contribution is 2.39. The number of benzene rings is 2. The van der Waals surface area contributed by atoms with Crippen molar-refractivity contribution in [1.29, 1.82) is 0 Å². The van der Waals surface area contributed by atoms with Gasteiger partial charge in [-0.05, 0) is 39.0 Å². The first-order valence-corrected chi connectivity index (χ1v) is 10.5. The molecule has 0 aliphatic carbocycles. The molecule has 2 aromatic rings. The minimum atomic E-state index is -4.87. The van der Waals surface area contributed by atoms with Gasteiger partial charge >= 0.3 is 12.3 Å². The first kappa shape index (κ1) is 26.6. The molecule has 0 spiro atoms. The summed E-state index contributed by atoms with van der Waals surface area (Å²) in [4.78, 5) is 24.6. The summed E-state index contributed by atoms with van der Waals surface area (Å²) in [6.07, 6.45) is -4.87. The third kappa shape index (κ3) is 8.05. The Bertz CT molecular complexity index is 952. The van der Waals surface area contributed by atoms with E-state index in [1.54, 1.807) is 20.8 Å². The molecule has 0 fully saturated rings. The second kappa shape index (κ2) is 12.6. The van der Waals surface area contributed by atoms with E-state index < -0.39 is 30.6 Å². The number of carbonyl (C=O) groups is 2. The van der Waals surface area contributed by atoms with Crippen molar-refractivity contribution in [1.82, 2.24) is 5.32 Å². The second-order valence-electron chi connectivity index (χ2n) is 6.61. The topological polar surface area (TPSA) is 92.3 Å². The highest BCUT2D eigenvalue weighted by Gasteiger charge is 2.32. The molecule has 0 aliphatic rings. The van der Waals surface area contributed by atoms with Crippen LogP contribution in [0.1, 0.15) is 36.7 Å². The van der Waals surface area contributed by atoms with Gasteiger partial charge in [0.1, 0.15) is 5.75 Å². The van der Waals surface area contributed by atoms with E-state index >= 15 is 0 Å². The molecule has 2 rings (SSSR count). The number of carbonyl (C=O) groups excluding carboxylic acids is 2. The number of alkyl halides is 3. The Morgan fingerprint density at radius 1 is 0.882 bits per heavy atom. The van der Waals surface area contributed by atoms with Crippen LogP contribution in [0, 0.1) is 0 Å². The van der Waals surface area contributed by atoms with Gasteiger partial charge in [0.15, 0.2) is 18.1 Å². The Labute approximate surface area is 194 Å². The number of ether oxygens (including phenoxy) is 5. The Morgan fingerprint density at radius 2 is 1.47 bits per heavy atom. The van der Waals surface area contributed by atoms with Gasteiger partial charge in [0.25, 0.3) is 5.91 Å². The first-order valence-electron chi connectivity index (χ1n) is 10.5. The third-order valence-electron chi connectivity index (χ3n) is 4.15. The molecule has 0 heterocycles. The molecule has 0 saturated carbocycles. The van der Waals surface area contributed by atoms with Gasteiger partial charge in [0.05, 0.1) is 25.4 Å². The largest absolute Gasteiger partial charge is 0.573 e. The zero-order valence-electron chi connectivity index (χ0n) is 19.0. The maximum Gasteiger partial charge on any atom is 0.573 e. The number of hydrogen-bond donors (Lipinski definition) is 1. The van der Waals surface area contributed by atoms with Crippen molar-refractivity contribution in [2.75, 3.05) is 26.4 Å². The van der Waals surface area contributed by atoms with Crippen LogP contribution in [0.2, 0.25) is 0 Å². The van der Waals surface area contributed by atoms with Gasteiger partial charge in [-0.1, -0.05) is 18.2 Å². The lowest BCUT2D eigenvalue weighted by atomic mass is 10.2. The van der Waals surface area contributed by atoms with Crippen LogP contribution >= 0.6 is 0 Å². The van der Waals surface area contributed by atoms with Crippen LogP contribution in [0.25, 0.3) is 0 Å². The maximum atomic E-state index is 12.5. The Balaban J connectivity index is 2.03. The average Bonchev–Trinajstić information content (AvgIpc) is 2.78. The lowest BCUT2D eigenvalue weighted by Gasteiger charge is -2.17. The monoisotopic (exact) mass is 485 g/mol. The standard InChI is InChI=1S/C23H26F3NO7/c1-4-30-18-11-16(12-19(31-5-2)21(18)32-6-3)22(29)33-14-20(28)27-13-15-9-7-8-10-17(15)34-23(24,25)26/h7-12H,4-6,13-14H2,1-3H3,(H,27,28). The summed E-state index contributed by atoms with van der Waals surface area (Å²) in [5.74, 6) is -1.05. The predicted octanol–water partition coefficient (Wildman–Crippen LogP) is 4.25. The zero-order valence-corrected chi connectivity index (χ0v) is 19.0. The summed E-state index contributed by atoms with van der Waals surface area (Å²) in [6, 6.07) is 8.22. The van der Waals surface area contributed by atoms with Gasteiger partial charge in [0, 0.05) is 12.1 Å². The SMILES string of the molecule is CCOc1cc(C(=O)OCC(=O)NCc2ccccc2OC(F)(F)F)cc(OCC)c1OCC. The molecule has 1 N–H and O–H groups in total. The van der Waals surface area contributed by atoms with Gasteiger partial charge in [-0.3, -0.25) is 4.79 Å². The van der Waals surface area contributed by atoms with E-state index in [2.05, 4.69) is 10.1 Å². The molecule has 34 heavy (non-hydrogen) atoms. The van der Waals surface area contributed by atoms with Crippen LogP contribution in [0.3, 0.4) is 0 Å². The minimum Gasteiger partial charge on any atom is -0.490 e. The maximum absolute atomic E-state index is 12.5. The van der Waals surface area contributed by atoms with Gasteiger partial charge in [-0.2, -0.15) is 0 Å². The van der Waals surface area contributed by atoms with Gasteiger partial charge < -0.3 is 29.0 Å². The zero-order chi connectivity index (χ0) is 25.1. The lowest BCUT2D eigenvalue weighted by molar-refractivity contribution is -0.274. The van der Waals surface area contributed by atoms with E-state index in [1.165, 1.54) is 30.3 Å². The van der Waals surface area contributed by atoms with E-state index in [-0.39, 0.29) is 29.2 Å². The van der Waals surface area contributed by atoms with Crippen molar-refractivity contribution < 1.29 is 46.4 Å². The number of para-hydroxylation sites is 1. The number of nitrogens with one attached hydrogen (secondary N) is 1. The van der Waals surface area contributed by atoms with Crippen LogP contribution in [0.4, 0.5) is 13.2 Å². The Hall–Kier alpha value is -3.63. The van der Waals surface area contributed by atoms with Gasteiger partial charge in [0.2, 0.25) is 5.75 Å². The molecule has 0 radical (unpaired) electrons. The van der Waals surface area contributed by atoms with Crippen molar-refractivity contribution in [2.24, 2.45) is 0 Å².